The molecule has 0 aromatic rings. The molecular formula is C10H18N3O3. The van der Waals surface area contributed by atoms with Crippen LogP contribution in [0.5, 0.6) is 0 Å². The number of aliphatic hydroxyl groups excluding tert-OH is 1. The largest absolute Gasteiger partial charge is 0.395 e. The number of β-amino-alcohol motifs (C(OH)–C–C–N with tert-alkyl or cyclic N) is 1. The summed E-state index contributed by atoms with van der Waals surface area (Å²) in [6.07, 6.45) is 0. The van der Waals surface area contributed by atoms with Gasteiger partial charge in [0.1, 0.15) is 5.92 Å². The van der Waals surface area contributed by atoms with Crippen LogP contribution >= 0.6 is 0 Å². The third-order valence-electron chi connectivity index (χ3n) is 2.77. The maximum atomic E-state index is 11.7. The van der Waals surface area contributed by atoms with Crippen LogP contribution in [0.2, 0.25) is 0 Å². The molecule has 0 spiro atoms. The Balaban J connectivity index is 2.41. The van der Waals surface area contributed by atoms with Crippen LogP contribution in [0.3, 0.4) is 0 Å². The Morgan fingerprint density at radius 3 is 2.25 bits per heavy atom. The Kier molecular flexibility index (Phi) is 4.70. The molecule has 1 heterocycles. The summed E-state index contributed by atoms with van der Waals surface area (Å²) in [5.74, 6) is -0.866. The number of nitrogens with zero attached hydrogens (tertiary/aromatic N) is 2. The second kappa shape index (κ2) is 5.81. The molecular weight excluding hydrogens is 210 g/mol. The van der Waals surface area contributed by atoms with Crippen molar-refractivity contribution in [3.05, 3.63) is 5.92 Å². The second-order valence-electron chi connectivity index (χ2n) is 3.85. The van der Waals surface area contributed by atoms with Gasteiger partial charge in [0.15, 0.2) is 0 Å². The van der Waals surface area contributed by atoms with Gasteiger partial charge in [0, 0.05) is 32.7 Å². The Morgan fingerprint density at radius 1 is 1.25 bits per heavy atom. The fourth-order valence-corrected chi connectivity index (χ4v) is 1.66. The van der Waals surface area contributed by atoms with Gasteiger partial charge >= 0.3 is 0 Å². The molecule has 91 valence electrons. The van der Waals surface area contributed by atoms with Gasteiger partial charge in [-0.2, -0.15) is 0 Å². The van der Waals surface area contributed by atoms with Gasteiger partial charge < -0.3 is 15.7 Å². The van der Waals surface area contributed by atoms with E-state index in [9.17, 15) is 9.59 Å². The van der Waals surface area contributed by atoms with Crippen molar-refractivity contribution < 1.29 is 14.7 Å². The summed E-state index contributed by atoms with van der Waals surface area (Å²) in [6, 6.07) is 0. The van der Waals surface area contributed by atoms with Crippen molar-refractivity contribution in [2.45, 2.75) is 6.92 Å². The topological polar surface area (TPSA) is 86.9 Å². The quantitative estimate of drug-likeness (QED) is 0.556. The Hall–Kier alpha value is -1.14. The van der Waals surface area contributed by atoms with Gasteiger partial charge in [-0.05, 0) is 6.92 Å². The first-order valence-corrected chi connectivity index (χ1v) is 5.32. The molecule has 1 radical (unpaired) electrons. The molecule has 3 N–H and O–H groups in total. The third kappa shape index (κ3) is 3.18. The van der Waals surface area contributed by atoms with Gasteiger partial charge in [-0.3, -0.25) is 14.5 Å². The number of hydrogen-bond donors (Lipinski definition) is 2. The number of piperazine rings is 1. The number of nitrogens with two attached hydrogens (primary N) is 1. The third-order valence-corrected chi connectivity index (χ3v) is 2.77. The van der Waals surface area contributed by atoms with Gasteiger partial charge in [-0.25, -0.2) is 0 Å². The van der Waals surface area contributed by atoms with Crippen LogP contribution in [0.15, 0.2) is 0 Å². The molecule has 2 amide bonds. The summed E-state index contributed by atoms with van der Waals surface area (Å²) in [5, 5.41) is 8.77. The predicted molar refractivity (Wildman–Crippen MR) is 58.2 cm³/mol. The zero-order chi connectivity index (χ0) is 12.1. The second-order valence-corrected chi connectivity index (χ2v) is 3.85. The zero-order valence-electron chi connectivity index (χ0n) is 9.48. The van der Waals surface area contributed by atoms with Gasteiger partial charge in [0.05, 0.1) is 6.61 Å². The number of amides is 2. The molecule has 0 aliphatic carbocycles. The molecule has 1 saturated heterocycles. The molecule has 1 fully saturated rings. The fraction of sp³-hybridized carbons (Fsp3) is 0.700. The predicted octanol–water partition coefficient (Wildman–Crippen LogP) is -1.80. The van der Waals surface area contributed by atoms with Gasteiger partial charge in [0.25, 0.3) is 0 Å². The minimum atomic E-state index is -0.664. The molecule has 0 bridgehead atoms. The normalized spacial score (nSPS) is 17.8. The molecule has 1 aliphatic rings. The van der Waals surface area contributed by atoms with E-state index in [4.69, 9.17) is 10.8 Å². The molecule has 6 heteroatoms. The van der Waals surface area contributed by atoms with Crippen LogP contribution in [0, 0.1) is 5.92 Å². The molecule has 0 aromatic carbocycles. The van der Waals surface area contributed by atoms with Crippen molar-refractivity contribution in [1.29, 1.82) is 0 Å². The first-order chi connectivity index (χ1) is 7.56. The summed E-state index contributed by atoms with van der Waals surface area (Å²) < 4.78 is 0. The van der Waals surface area contributed by atoms with Gasteiger partial charge in [-0.15, -0.1) is 0 Å². The number of primary amides is 1. The van der Waals surface area contributed by atoms with E-state index in [2.05, 4.69) is 4.90 Å². The number of aliphatic hydroxyl groups is 1. The summed E-state index contributed by atoms with van der Waals surface area (Å²) in [7, 11) is 0. The zero-order valence-corrected chi connectivity index (χ0v) is 9.48. The number of carbonyl (C=O) groups is 2. The smallest absolute Gasteiger partial charge is 0.239 e. The maximum absolute atomic E-state index is 11.7. The van der Waals surface area contributed by atoms with Gasteiger partial charge in [-0.1, -0.05) is 0 Å². The minimum Gasteiger partial charge on any atom is -0.395 e. The Bertz CT molecular complexity index is 262. The average Bonchev–Trinajstić information content (AvgIpc) is 2.28. The molecule has 1 aliphatic heterocycles. The standard InChI is InChI=1S/C10H18N3O3/c1-8(9(11)15)10(16)13-4-2-12(3-5-13)6-7-14/h14H,2-7H2,1H3,(H2,11,15). The highest BCUT2D eigenvalue weighted by Gasteiger charge is 2.28. The van der Waals surface area contributed by atoms with Crippen LogP contribution in [0.1, 0.15) is 6.92 Å². The van der Waals surface area contributed by atoms with E-state index in [0.29, 0.717) is 19.6 Å². The van der Waals surface area contributed by atoms with Crippen molar-refractivity contribution in [3.8, 4) is 0 Å². The highest BCUT2D eigenvalue weighted by molar-refractivity contribution is 6.13. The summed E-state index contributed by atoms with van der Waals surface area (Å²) in [4.78, 5) is 26.3. The maximum Gasteiger partial charge on any atom is 0.239 e. The first kappa shape index (κ1) is 12.9. The lowest BCUT2D eigenvalue weighted by atomic mass is 10.1. The fourth-order valence-electron chi connectivity index (χ4n) is 1.66. The molecule has 0 unspecified atom stereocenters. The van der Waals surface area contributed by atoms with E-state index in [1.54, 1.807) is 4.90 Å². The summed E-state index contributed by atoms with van der Waals surface area (Å²) in [6.45, 7) is 4.79. The van der Waals surface area contributed by atoms with E-state index >= 15 is 0 Å². The average molecular weight is 228 g/mol. The van der Waals surface area contributed by atoms with Crippen LogP contribution in [-0.4, -0.2) is 66.1 Å². The lowest BCUT2D eigenvalue weighted by Gasteiger charge is -2.35. The molecule has 1 rings (SSSR count). The first-order valence-electron chi connectivity index (χ1n) is 5.32. The van der Waals surface area contributed by atoms with Crippen LogP contribution < -0.4 is 5.73 Å². The van der Waals surface area contributed by atoms with E-state index in [0.717, 1.165) is 13.1 Å². The van der Waals surface area contributed by atoms with Crippen molar-refractivity contribution in [3.63, 3.8) is 0 Å². The lowest BCUT2D eigenvalue weighted by molar-refractivity contribution is -0.133. The van der Waals surface area contributed by atoms with Crippen LogP contribution in [0.25, 0.3) is 0 Å². The van der Waals surface area contributed by atoms with Crippen molar-refractivity contribution in [1.82, 2.24) is 9.80 Å². The molecule has 16 heavy (non-hydrogen) atoms. The molecule has 6 nitrogen and oxygen atoms in total. The van der Waals surface area contributed by atoms with Crippen molar-refractivity contribution in [2.75, 3.05) is 39.3 Å². The monoisotopic (exact) mass is 228 g/mol. The van der Waals surface area contributed by atoms with Gasteiger partial charge in [0.2, 0.25) is 11.8 Å². The molecule has 0 aromatic heterocycles. The lowest BCUT2D eigenvalue weighted by Crippen LogP contribution is -2.51. The van der Waals surface area contributed by atoms with E-state index < -0.39 is 5.91 Å². The molecule has 0 atom stereocenters. The van der Waals surface area contributed by atoms with Crippen molar-refractivity contribution >= 4 is 11.8 Å². The van der Waals surface area contributed by atoms with E-state index in [1.165, 1.54) is 6.92 Å². The SMILES string of the molecule is C[C](C(N)=O)C(=O)N1CCN(CCO)CC1. The summed E-state index contributed by atoms with van der Waals surface area (Å²) >= 11 is 0. The Labute approximate surface area is 95.0 Å². The van der Waals surface area contributed by atoms with E-state index in [1.807, 2.05) is 0 Å². The number of hydrogen-bond acceptors (Lipinski definition) is 4. The van der Waals surface area contributed by atoms with E-state index in [-0.39, 0.29) is 18.4 Å². The Morgan fingerprint density at radius 2 is 1.81 bits per heavy atom. The number of carbonyl (C=O) groups excluding carboxylic acids is 2. The van der Waals surface area contributed by atoms with Crippen LogP contribution in [0.4, 0.5) is 0 Å². The highest BCUT2D eigenvalue weighted by atomic mass is 16.3. The minimum absolute atomic E-state index is 0.0793. The molecule has 0 saturated carbocycles. The van der Waals surface area contributed by atoms with Crippen LogP contribution in [-0.2, 0) is 9.59 Å². The highest BCUT2D eigenvalue weighted by Crippen LogP contribution is 2.08. The van der Waals surface area contributed by atoms with Crippen molar-refractivity contribution in [2.24, 2.45) is 5.73 Å². The number of rotatable bonds is 4. The summed E-state index contributed by atoms with van der Waals surface area (Å²) in [5.41, 5.74) is 5.05.